The van der Waals surface area contributed by atoms with E-state index in [-0.39, 0.29) is 5.91 Å². The summed E-state index contributed by atoms with van der Waals surface area (Å²) in [5.41, 5.74) is 2.18. The third kappa shape index (κ3) is 2.29. The molecular formula is C15H20N4O2. The molecule has 112 valence electrons. The topological polar surface area (TPSA) is 70.7 Å². The second-order valence-corrected chi connectivity index (χ2v) is 5.97. The number of likely N-dealkylation sites (tertiary alicyclic amines) is 1. The van der Waals surface area contributed by atoms with Crippen LogP contribution in [0.1, 0.15) is 41.5 Å². The Morgan fingerprint density at radius 1 is 1.43 bits per heavy atom. The van der Waals surface area contributed by atoms with Gasteiger partial charge in [0.25, 0.3) is 5.91 Å². The molecule has 0 aliphatic carbocycles. The number of hydrogen-bond donors (Lipinski definition) is 1. The predicted octanol–water partition coefficient (Wildman–Crippen LogP) is 1.33. The minimum Gasteiger partial charge on any atom is -0.386 e. The number of rotatable bonds is 3. The summed E-state index contributed by atoms with van der Waals surface area (Å²) in [6.45, 7) is 6.65. The van der Waals surface area contributed by atoms with Crippen LogP contribution in [0.3, 0.4) is 0 Å². The van der Waals surface area contributed by atoms with Crippen molar-refractivity contribution >= 4 is 11.6 Å². The first-order valence-electron chi connectivity index (χ1n) is 7.27. The number of hydrogen-bond acceptors (Lipinski definition) is 4. The molecule has 0 atom stereocenters. The SMILES string of the molecule is CCCC1(O)CN(C(=O)c2cnn3c(C)cc(C)nc23)C1. The fourth-order valence-corrected chi connectivity index (χ4v) is 3.02. The normalized spacial score (nSPS) is 17.0. The maximum absolute atomic E-state index is 12.5. The van der Waals surface area contributed by atoms with Crippen molar-refractivity contribution < 1.29 is 9.90 Å². The van der Waals surface area contributed by atoms with Gasteiger partial charge in [-0.25, -0.2) is 9.50 Å². The Hall–Kier alpha value is -1.95. The van der Waals surface area contributed by atoms with Gasteiger partial charge in [0.1, 0.15) is 5.56 Å². The molecule has 0 saturated carbocycles. The quantitative estimate of drug-likeness (QED) is 0.925. The molecule has 1 aliphatic rings. The number of fused-ring (bicyclic) bond motifs is 1. The van der Waals surface area contributed by atoms with Gasteiger partial charge in [0.2, 0.25) is 0 Å². The van der Waals surface area contributed by atoms with Crippen LogP contribution in [-0.4, -0.2) is 49.2 Å². The van der Waals surface area contributed by atoms with Gasteiger partial charge >= 0.3 is 0 Å². The van der Waals surface area contributed by atoms with Crippen LogP contribution in [0.2, 0.25) is 0 Å². The summed E-state index contributed by atoms with van der Waals surface area (Å²) in [5, 5.41) is 14.4. The van der Waals surface area contributed by atoms with Crippen LogP contribution in [0, 0.1) is 13.8 Å². The minimum atomic E-state index is -0.716. The highest BCUT2D eigenvalue weighted by molar-refractivity contribution is 6.00. The van der Waals surface area contributed by atoms with Gasteiger partial charge in [-0.3, -0.25) is 4.79 Å². The molecule has 0 radical (unpaired) electrons. The number of β-amino-alcohol motifs (C(OH)–C–C–N with tert-alkyl or cyclic N) is 1. The number of carbonyl (C=O) groups excluding carboxylic acids is 1. The van der Waals surface area contributed by atoms with Crippen molar-refractivity contribution in [1.82, 2.24) is 19.5 Å². The van der Waals surface area contributed by atoms with Gasteiger partial charge in [-0.15, -0.1) is 0 Å². The van der Waals surface area contributed by atoms with Gasteiger partial charge in [-0.1, -0.05) is 13.3 Å². The summed E-state index contributed by atoms with van der Waals surface area (Å²) < 4.78 is 1.68. The molecule has 1 amide bonds. The molecule has 0 aromatic carbocycles. The monoisotopic (exact) mass is 288 g/mol. The molecule has 6 nitrogen and oxygen atoms in total. The Morgan fingerprint density at radius 3 is 2.81 bits per heavy atom. The Bertz CT molecular complexity index is 701. The molecule has 2 aromatic rings. The van der Waals surface area contributed by atoms with E-state index >= 15 is 0 Å². The molecule has 1 N–H and O–H groups in total. The van der Waals surface area contributed by atoms with E-state index in [1.165, 1.54) is 0 Å². The average molecular weight is 288 g/mol. The van der Waals surface area contributed by atoms with Crippen molar-refractivity contribution in [2.45, 2.75) is 39.2 Å². The lowest BCUT2D eigenvalue weighted by Crippen LogP contribution is -2.63. The molecule has 1 aliphatic heterocycles. The number of nitrogens with zero attached hydrogens (tertiary/aromatic N) is 4. The molecule has 3 heterocycles. The molecule has 0 spiro atoms. The van der Waals surface area contributed by atoms with Crippen molar-refractivity contribution in [3.8, 4) is 0 Å². The third-order valence-corrected chi connectivity index (χ3v) is 3.98. The highest BCUT2D eigenvalue weighted by Gasteiger charge is 2.43. The Balaban J connectivity index is 1.87. The van der Waals surface area contributed by atoms with E-state index in [2.05, 4.69) is 10.1 Å². The number of aromatic nitrogens is 3. The lowest BCUT2D eigenvalue weighted by atomic mass is 9.89. The number of carbonyl (C=O) groups is 1. The molecule has 0 unspecified atom stereocenters. The van der Waals surface area contributed by atoms with Crippen molar-refractivity contribution in [2.75, 3.05) is 13.1 Å². The van der Waals surface area contributed by atoms with Gasteiger partial charge in [0, 0.05) is 11.4 Å². The van der Waals surface area contributed by atoms with Crippen molar-refractivity contribution in [3.63, 3.8) is 0 Å². The smallest absolute Gasteiger partial charge is 0.259 e. The Labute approximate surface area is 123 Å². The second kappa shape index (κ2) is 4.80. The van der Waals surface area contributed by atoms with Crippen molar-refractivity contribution in [2.24, 2.45) is 0 Å². The summed E-state index contributed by atoms with van der Waals surface area (Å²) in [6, 6.07) is 1.93. The Kier molecular flexibility index (Phi) is 3.20. The Morgan fingerprint density at radius 2 is 2.14 bits per heavy atom. The van der Waals surface area contributed by atoms with Gasteiger partial charge in [0.05, 0.1) is 24.9 Å². The molecule has 1 saturated heterocycles. The first-order valence-corrected chi connectivity index (χ1v) is 7.27. The fourth-order valence-electron chi connectivity index (χ4n) is 3.02. The van der Waals surface area contributed by atoms with E-state index in [4.69, 9.17) is 0 Å². The van der Waals surface area contributed by atoms with E-state index in [9.17, 15) is 9.90 Å². The van der Waals surface area contributed by atoms with E-state index < -0.39 is 5.60 Å². The van der Waals surface area contributed by atoms with Crippen LogP contribution in [0.15, 0.2) is 12.3 Å². The zero-order valence-corrected chi connectivity index (χ0v) is 12.6. The minimum absolute atomic E-state index is 0.108. The molecular weight excluding hydrogens is 268 g/mol. The van der Waals surface area contributed by atoms with E-state index in [1.54, 1.807) is 15.6 Å². The molecule has 21 heavy (non-hydrogen) atoms. The predicted molar refractivity (Wildman–Crippen MR) is 78.2 cm³/mol. The van der Waals surface area contributed by atoms with Crippen LogP contribution in [0.25, 0.3) is 5.65 Å². The van der Waals surface area contributed by atoms with E-state index in [1.807, 2.05) is 26.8 Å². The lowest BCUT2D eigenvalue weighted by molar-refractivity contribution is -0.0859. The van der Waals surface area contributed by atoms with Crippen LogP contribution >= 0.6 is 0 Å². The lowest BCUT2D eigenvalue weighted by Gasteiger charge is -2.46. The fraction of sp³-hybridized carbons (Fsp3) is 0.533. The second-order valence-electron chi connectivity index (χ2n) is 5.97. The largest absolute Gasteiger partial charge is 0.386 e. The zero-order valence-electron chi connectivity index (χ0n) is 12.6. The zero-order chi connectivity index (χ0) is 15.2. The van der Waals surface area contributed by atoms with E-state index in [0.717, 1.165) is 24.2 Å². The molecule has 6 heteroatoms. The summed E-state index contributed by atoms with van der Waals surface area (Å²) in [7, 11) is 0. The van der Waals surface area contributed by atoms with Crippen molar-refractivity contribution in [3.05, 3.63) is 29.2 Å². The summed E-state index contributed by atoms with van der Waals surface area (Å²) in [6.07, 6.45) is 3.20. The molecule has 2 aromatic heterocycles. The van der Waals surface area contributed by atoms with Gasteiger partial charge in [0.15, 0.2) is 5.65 Å². The number of aryl methyl sites for hydroxylation is 2. The summed E-state index contributed by atoms with van der Waals surface area (Å²) in [4.78, 5) is 18.6. The van der Waals surface area contributed by atoms with Crippen LogP contribution in [0.5, 0.6) is 0 Å². The molecule has 1 fully saturated rings. The van der Waals surface area contributed by atoms with E-state index in [0.29, 0.717) is 24.3 Å². The molecule has 3 rings (SSSR count). The van der Waals surface area contributed by atoms with Crippen LogP contribution in [-0.2, 0) is 0 Å². The number of amides is 1. The summed E-state index contributed by atoms with van der Waals surface area (Å²) >= 11 is 0. The average Bonchev–Trinajstić information content (AvgIpc) is 2.79. The van der Waals surface area contributed by atoms with Crippen LogP contribution in [0.4, 0.5) is 0 Å². The highest BCUT2D eigenvalue weighted by atomic mass is 16.3. The first kappa shape index (κ1) is 14.0. The van der Waals surface area contributed by atoms with Crippen molar-refractivity contribution in [1.29, 1.82) is 0 Å². The van der Waals surface area contributed by atoms with Gasteiger partial charge < -0.3 is 10.0 Å². The maximum atomic E-state index is 12.5. The van der Waals surface area contributed by atoms with Gasteiger partial charge in [-0.2, -0.15) is 5.10 Å². The highest BCUT2D eigenvalue weighted by Crippen LogP contribution is 2.28. The van der Waals surface area contributed by atoms with Crippen LogP contribution < -0.4 is 0 Å². The van der Waals surface area contributed by atoms with Gasteiger partial charge in [-0.05, 0) is 26.3 Å². The molecule has 0 bridgehead atoms. The summed E-state index contributed by atoms with van der Waals surface area (Å²) in [5.74, 6) is -0.108. The maximum Gasteiger partial charge on any atom is 0.259 e. The first-order chi connectivity index (χ1) is 9.93. The number of aliphatic hydroxyl groups is 1. The third-order valence-electron chi connectivity index (χ3n) is 3.98. The standard InChI is InChI=1S/C15H20N4O2/c1-4-5-15(21)8-18(9-15)14(20)12-7-16-19-11(3)6-10(2)17-13(12)19/h6-7,21H,4-5,8-9H2,1-3H3.